The lowest BCUT2D eigenvalue weighted by atomic mass is 9.72. The summed E-state index contributed by atoms with van der Waals surface area (Å²) in [5.41, 5.74) is 2.66. The van der Waals surface area contributed by atoms with Crippen LogP contribution in [0.4, 0.5) is 10.1 Å². The predicted octanol–water partition coefficient (Wildman–Crippen LogP) is 3.34. The molecule has 5 rings (SSSR count). The van der Waals surface area contributed by atoms with E-state index in [2.05, 4.69) is 10.4 Å². The molecule has 0 unspecified atom stereocenters. The van der Waals surface area contributed by atoms with E-state index in [-0.39, 0.29) is 17.6 Å². The molecule has 2 aliphatic rings. The van der Waals surface area contributed by atoms with Gasteiger partial charge in [-0.25, -0.2) is 4.39 Å². The summed E-state index contributed by atoms with van der Waals surface area (Å²) >= 11 is 0. The van der Waals surface area contributed by atoms with Gasteiger partial charge in [0.05, 0.1) is 11.7 Å². The molecule has 0 saturated carbocycles. The number of nitrogens with one attached hydrogen (secondary N) is 1. The molecule has 1 N–H and O–H groups in total. The lowest BCUT2D eigenvalue weighted by Gasteiger charge is -2.34. The van der Waals surface area contributed by atoms with Crippen molar-refractivity contribution < 1.29 is 14.0 Å². The van der Waals surface area contributed by atoms with Crippen molar-refractivity contribution in [3.8, 4) is 0 Å². The van der Waals surface area contributed by atoms with Gasteiger partial charge in [-0.05, 0) is 48.7 Å². The fraction of sp³-hybridized carbons (Fsp3) is 0.261. The van der Waals surface area contributed by atoms with Crippen molar-refractivity contribution in [3.05, 3.63) is 82.9 Å². The second kappa shape index (κ2) is 6.52. The van der Waals surface area contributed by atoms with Crippen molar-refractivity contribution in [1.82, 2.24) is 14.7 Å². The number of nitrogens with zero attached hydrogens (tertiary/aromatic N) is 3. The molecule has 1 saturated heterocycles. The maximum Gasteiger partial charge on any atom is 0.272 e. The first-order chi connectivity index (χ1) is 14.4. The Bertz CT molecular complexity index is 1170. The van der Waals surface area contributed by atoms with Crippen LogP contribution in [0.15, 0.2) is 54.6 Å². The zero-order valence-electron chi connectivity index (χ0n) is 16.7. The van der Waals surface area contributed by atoms with Crippen LogP contribution in [0.25, 0.3) is 0 Å². The molecule has 2 amide bonds. The minimum atomic E-state index is -0.919. The summed E-state index contributed by atoms with van der Waals surface area (Å²) in [4.78, 5) is 28.6. The lowest BCUT2D eigenvalue weighted by molar-refractivity contribution is -0.121. The number of carbonyl (C=O) groups is 2. The Balaban J connectivity index is 1.68. The highest BCUT2D eigenvalue weighted by Crippen LogP contribution is 2.54. The van der Waals surface area contributed by atoms with Gasteiger partial charge in [-0.3, -0.25) is 14.3 Å². The Morgan fingerprint density at radius 1 is 1.20 bits per heavy atom. The third-order valence-corrected chi connectivity index (χ3v) is 6.25. The highest BCUT2D eigenvalue weighted by atomic mass is 19.1. The van der Waals surface area contributed by atoms with E-state index in [9.17, 15) is 14.0 Å². The number of aromatic nitrogens is 2. The standard InChI is InChI=1S/C23H21FN4O2/c1-14-13-19(27(2)26-14)21(29)28-12-11-23(20(28)15-7-9-16(24)10-8-15)17-5-3-4-6-18(17)25-22(23)30/h3-10,13,20H,11-12H2,1-2H3,(H,25,30)/t20-,23+/m0/s1. The number of halogens is 1. The van der Waals surface area contributed by atoms with E-state index in [1.54, 1.807) is 34.8 Å². The summed E-state index contributed by atoms with van der Waals surface area (Å²) in [7, 11) is 1.73. The average Bonchev–Trinajstić information content (AvgIpc) is 3.37. The van der Waals surface area contributed by atoms with Crippen LogP contribution in [0, 0.1) is 12.7 Å². The van der Waals surface area contributed by atoms with Crippen LogP contribution in [0.3, 0.4) is 0 Å². The smallest absolute Gasteiger partial charge is 0.272 e. The van der Waals surface area contributed by atoms with E-state index in [0.717, 1.165) is 22.5 Å². The Morgan fingerprint density at radius 3 is 2.63 bits per heavy atom. The quantitative estimate of drug-likeness (QED) is 0.712. The zero-order valence-corrected chi connectivity index (χ0v) is 16.7. The third kappa shape index (κ3) is 2.51. The number of likely N-dealkylation sites (tertiary alicyclic amines) is 1. The fourth-order valence-corrected chi connectivity index (χ4v) is 4.97. The number of rotatable bonds is 2. The van der Waals surface area contributed by atoms with Crippen LogP contribution in [0.1, 0.15) is 39.8 Å². The number of fused-ring (bicyclic) bond motifs is 2. The third-order valence-electron chi connectivity index (χ3n) is 6.25. The average molecular weight is 404 g/mol. The largest absolute Gasteiger partial charge is 0.329 e. The van der Waals surface area contributed by atoms with Crippen LogP contribution >= 0.6 is 0 Å². The summed E-state index contributed by atoms with van der Waals surface area (Å²) in [5, 5.41) is 7.28. The maximum atomic E-state index is 13.7. The molecule has 7 heteroatoms. The maximum absolute atomic E-state index is 13.7. The van der Waals surface area contributed by atoms with Gasteiger partial charge in [-0.15, -0.1) is 0 Å². The topological polar surface area (TPSA) is 67.2 Å². The van der Waals surface area contributed by atoms with Crippen molar-refractivity contribution >= 4 is 17.5 Å². The van der Waals surface area contributed by atoms with Crippen molar-refractivity contribution in [2.24, 2.45) is 7.05 Å². The van der Waals surface area contributed by atoms with Gasteiger partial charge in [-0.1, -0.05) is 30.3 Å². The molecule has 1 fully saturated rings. The van der Waals surface area contributed by atoms with Crippen LogP contribution in [-0.2, 0) is 17.3 Å². The normalized spacial score (nSPS) is 22.4. The van der Waals surface area contributed by atoms with Crippen LogP contribution < -0.4 is 5.32 Å². The van der Waals surface area contributed by atoms with Crippen molar-refractivity contribution in [2.45, 2.75) is 24.8 Å². The molecule has 1 aromatic heterocycles. The van der Waals surface area contributed by atoms with Gasteiger partial charge in [0.1, 0.15) is 16.9 Å². The van der Waals surface area contributed by atoms with E-state index in [0.29, 0.717) is 18.7 Å². The van der Waals surface area contributed by atoms with E-state index in [1.165, 1.54) is 12.1 Å². The number of benzene rings is 2. The predicted molar refractivity (Wildman–Crippen MR) is 109 cm³/mol. The Kier molecular flexibility index (Phi) is 4.03. The molecule has 0 aliphatic carbocycles. The Labute approximate surface area is 173 Å². The van der Waals surface area contributed by atoms with Crippen molar-refractivity contribution in [3.63, 3.8) is 0 Å². The van der Waals surface area contributed by atoms with Crippen LogP contribution in [0.5, 0.6) is 0 Å². The first-order valence-corrected chi connectivity index (χ1v) is 9.90. The summed E-state index contributed by atoms with van der Waals surface area (Å²) in [6.07, 6.45) is 0.487. The van der Waals surface area contributed by atoms with Crippen molar-refractivity contribution in [1.29, 1.82) is 0 Å². The molecule has 6 nitrogen and oxygen atoms in total. The Morgan fingerprint density at radius 2 is 1.93 bits per heavy atom. The highest BCUT2D eigenvalue weighted by Gasteiger charge is 2.59. The molecule has 0 bridgehead atoms. The number of carbonyl (C=O) groups excluding carboxylic acids is 2. The highest BCUT2D eigenvalue weighted by molar-refractivity contribution is 6.08. The zero-order chi connectivity index (χ0) is 21.0. The van der Waals surface area contributed by atoms with Crippen LogP contribution in [0.2, 0.25) is 0 Å². The van der Waals surface area contributed by atoms with Crippen molar-refractivity contribution in [2.75, 3.05) is 11.9 Å². The molecule has 0 radical (unpaired) electrons. The second-order valence-electron chi connectivity index (χ2n) is 7.97. The lowest BCUT2D eigenvalue weighted by Crippen LogP contribution is -2.43. The van der Waals surface area contributed by atoms with Crippen LogP contribution in [-0.4, -0.2) is 33.0 Å². The van der Waals surface area contributed by atoms with Gasteiger partial charge in [0.25, 0.3) is 5.91 Å². The van der Waals surface area contributed by atoms with E-state index >= 15 is 0 Å². The molecule has 1 spiro atoms. The van der Waals surface area contributed by atoms with Gasteiger partial charge < -0.3 is 10.2 Å². The summed E-state index contributed by atoms with van der Waals surface area (Å²) in [6, 6.07) is 14.9. The summed E-state index contributed by atoms with van der Waals surface area (Å²) in [6.45, 7) is 2.24. The molecule has 2 atom stereocenters. The first-order valence-electron chi connectivity index (χ1n) is 9.90. The number of anilines is 1. The fourth-order valence-electron chi connectivity index (χ4n) is 4.97. The van der Waals surface area contributed by atoms with Gasteiger partial charge >= 0.3 is 0 Å². The number of amides is 2. The number of hydrogen-bond donors (Lipinski definition) is 1. The molecule has 3 aromatic rings. The number of para-hydroxylation sites is 1. The monoisotopic (exact) mass is 404 g/mol. The SMILES string of the molecule is Cc1cc(C(=O)N2CC[C@]3(C(=O)Nc4ccccc43)[C@@H]2c2ccc(F)cc2)n(C)n1. The summed E-state index contributed by atoms with van der Waals surface area (Å²) < 4.78 is 15.2. The first kappa shape index (κ1) is 18.5. The second-order valence-corrected chi connectivity index (χ2v) is 7.97. The van der Waals surface area contributed by atoms with Gasteiger partial charge in [-0.2, -0.15) is 5.10 Å². The molecule has 152 valence electrons. The minimum absolute atomic E-state index is 0.130. The molecule has 3 heterocycles. The van der Waals surface area contributed by atoms with Gasteiger partial charge in [0.15, 0.2) is 0 Å². The minimum Gasteiger partial charge on any atom is -0.329 e. The van der Waals surface area contributed by atoms with Gasteiger partial charge in [0, 0.05) is 19.3 Å². The molecule has 2 aliphatic heterocycles. The van der Waals surface area contributed by atoms with E-state index < -0.39 is 11.5 Å². The molecule has 2 aromatic carbocycles. The molecular formula is C23H21FN4O2. The molecule has 30 heavy (non-hydrogen) atoms. The van der Waals surface area contributed by atoms with E-state index in [1.807, 2.05) is 31.2 Å². The molecular weight excluding hydrogens is 383 g/mol. The van der Waals surface area contributed by atoms with E-state index in [4.69, 9.17) is 0 Å². The Hall–Kier alpha value is -3.48. The number of aryl methyl sites for hydroxylation is 2. The summed E-state index contributed by atoms with van der Waals surface area (Å²) in [5.74, 6) is -0.682. The number of hydrogen-bond acceptors (Lipinski definition) is 3. The van der Waals surface area contributed by atoms with Gasteiger partial charge in [0.2, 0.25) is 5.91 Å².